The molecule has 0 aliphatic rings. The molecule has 0 rings (SSSR count). The van der Waals surface area contributed by atoms with E-state index in [4.69, 9.17) is 0 Å². The molecule has 0 atom stereocenters. The van der Waals surface area contributed by atoms with E-state index in [-0.39, 0.29) is 5.68 Å². The molecule has 2 heteroatoms. The summed E-state index contributed by atoms with van der Waals surface area (Å²) in [5, 5.41) is 0. The molecule has 0 aromatic carbocycles. The average molecular weight is 67.9 g/mol. The molecule has 0 aliphatic carbocycles. The smallest absolute Gasteiger partial charge is 0.167 e. The lowest BCUT2D eigenvalue weighted by atomic mass is 10.0. The van der Waals surface area contributed by atoms with Crippen LogP contribution in [0.3, 0.4) is 0 Å². The van der Waals surface area contributed by atoms with Gasteiger partial charge in [-0.05, 0) is 6.42 Å². The van der Waals surface area contributed by atoms with Crippen molar-refractivity contribution in [3.05, 3.63) is 0 Å². The second-order valence-corrected chi connectivity index (χ2v) is 0.820. The maximum atomic E-state index is 9.59. The third-order valence-electron chi connectivity index (χ3n) is 0.348. The van der Waals surface area contributed by atoms with Crippen LogP contribution in [0, 0.1) is 0 Å². The van der Waals surface area contributed by atoms with Crippen molar-refractivity contribution in [3.63, 3.8) is 0 Å². The lowest BCUT2D eigenvalue weighted by molar-refractivity contribution is -0.111. The first-order chi connectivity index (χ1) is 2.27. The quantitative estimate of drug-likeness (QED) is 0.398. The van der Waals surface area contributed by atoms with E-state index in [0.29, 0.717) is 6.42 Å². The highest BCUT2D eigenvalue weighted by Gasteiger charge is 1.76. The van der Waals surface area contributed by atoms with E-state index in [1.165, 1.54) is 0 Å². The first kappa shape index (κ1) is 4.73. The van der Waals surface area contributed by atoms with E-state index < -0.39 is 0 Å². The van der Waals surface area contributed by atoms with Crippen LogP contribution in [0.25, 0.3) is 0 Å². The molecular weight excluding hydrogens is 62.8 g/mol. The van der Waals surface area contributed by atoms with Crippen LogP contribution >= 0.6 is 0 Å². The van der Waals surface area contributed by atoms with Crippen molar-refractivity contribution in [2.24, 2.45) is 0 Å². The number of carbonyl (C=O) groups excluding carboxylic acids is 1. The zero-order valence-corrected chi connectivity index (χ0v) is 3.19. The predicted molar refractivity (Wildman–Crippen MR) is 21.1 cm³/mol. The minimum Gasteiger partial charge on any atom is -0.313 e. The maximum absolute atomic E-state index is 9.59. The molecule has 0 amide bonds. The maximum Gasteiger partial charge on any atom is 0.167 e. The van der Waals surface area contributed by atoms with Gasteiger partial charge in [0.05, 0.1) is 5.68 Å². The minimum absolute atomic E-state index is 0.245. The van der Waals surface area contributed by atoms with Gasteiger partial charge in [-0.3, -0.25) is 0 Å². The number of carbonyl (C=O) groups is 1. The molecule has 0 saturated carbocycles. The summed E-state index contributed by atoms with van der Waals surface area (Å²) in [6, 6.07) is 0. The van der Waals surface area contributed by atoms with Gasteiger partial charge in [0.1, 0.15) is 0 Å². The van der Waals surface area contributed by atoms with Crippen molar-refractivity contribution in [2.45, 2.75) is 13.3 Å². The Hall–Kier alpha value is -0.265. The zero-order chi connectivity index (χ0) is 4.28. The highest BCUT2D eigenvalue weighted by molar-refractivity contribution is 6.57. The van der Waals surface area contributed by atoms with Gasteiger partial charge in [-0.2, -0.15) is 0 Å². The van der Waals surface area contributed by atoms with Crippen molar-refractivity contribution >= 4 is 13.5 Å². The standard InChI is InChI=1S/C3H5BO/c1-2-3(4)5/h2H2,1H3. The molecule has 5 heavy (non-hydrogen) atoms. The van der Waals surface area contributed by atoms with Crippen LogP contribution < -0.4 is 0 Å². The van der Waals surface area contributed by atoms with Crippen LogP contribution in [-0.4, -0.2) is 13.5 Å². The van der Waals surface area contributed by atoms with Gasteiger partial charge in [0.2, 0.25) is 0 Å². The summed E-state index contributed by atoms with van der Waals surface area (Å²) >= 11 is 0. The van der Waals surface area contributed by atoms with Gasteiger partial charge in [0, 0.05) is 0 Å². The van der Waals surface area contributed by atoms with E-state index in [1.807, 2.05) is 0 Å². The van der Waals surface area contributed by atoms with Crippen molar-refractivity contribution < 1.29 is 4.79 Å². The van der Waals surface area contributed by atoms with Gasteiger partial charge >= 0.3 is 0 Å². The van der Waals surface area contributed by atoms with E-state index in [1.54, 1.807) is 6.92 Å². The lowest BCUT2D eigenvalue weighted by Gasteiger charge is -1.72. The van der Waals surface area contributed by atoms with E-state index in [9.17, 15) is 4.79 Å². The Bertz CT molecular complexity index is 42.2. The van der Waals surface area contributed by atoms with Gasteiger partial charge in [0.25, 0.3) is 0 Å². The SMILES string of the molecule is [B]C(=O)CC. The van der Waals surface area contributed by atoms with Gasteiger partial charge in [-0.25, -0.2) is 0 Å². The van der Waals surface area contributed by atoms with Crippen molar-refractivity contribution in [3.8, 4) is 0 Å². The van der Waals surface area contributed by atoms with Crippen molar-refractivity contribution in [1.29, 1.82) is 0 Å². The fraction of sp³-hybridized carbons (Fsp3) is 0.667. The van der Waals surface area contributed by atoms with Crippen LogP contribution in [0.2, 0.25) is 0 Å². The second-order valence-electron chi connectivity index (χ2n) is 0.820. The Labute approximate surface area is 32.8 Å². The fourth-order valence-corrected chi connectivity index (χ4v) is 0. The van der Waals surface area contributed by atoms with Crippen LogP contribution in [0.1, 0.15) is 13.3 Å². The van der Waals surface area contributed by atoms with Gasteiger partial charge in [-0.1, -0.05) is 6.92 Å². The van der Waals surface area contributed by atoms with Crippen LogP contribution in [0.5, 0.6) is 0 Å². The highest BCUT2D eigenvalue weighted by atomic mass is 16.1. The van der Waals surface area contributed by atoms with E-state index in [2.05, 4.69) is 7.85 Å². The molecule has 0 aromatic rings. The molecule has 0 heterocycles. The molecule has 2 radical (unpaired) electrons. The van der Waals surface area contributed by atoms with Gasteiger partial charge < -0.3 is 4.79 Å². The molecule has 0 aromatic heterocycles. The third kappa shape index (κ3) is 3.73. The summed E-state index contributed by atoms with van der Waals surface area (Å²) in [6.45, 7) is 1.72. The zero-order valence-electron chi connectivity index (χ0n) is 3.19. The van der Waals surface area contributed by atoms with Crippen molar-refractivity contribution in [2.75, 3.05) is 0 Å². The van der Waals surface area contributed by atoms with Gasteiger partial charge in [-0.15, -0.1) is 0 Å². The summed E-state index contributed by atoms with van der Waals surface area (Å²) in [6.07, 6.45) is 0.444. The summed E-state index contributed by atoms with van der Waals surface area (Å²) in [4.78, 5) is 9.59. The first-order valence-corrected chi connectivity index (χ1v) is 1.55. The Morgan fingerprint density at radius 1 is 2.00 bits per heavy atom. The Morgan fingerprint density at radius 2 is 2.20 bits per heavy atom. The third-order valence-corrected chi connectivity index (χ3v) is 0.348. The molecule has 0 bridgehead atoms. The normalized spacial score (nSPS) is 7.40. The summed E-state index contributed by atoms with van der Waals surface area (Å²) in [5.74, 6) is 0. The Morgan fingerprint density at radius 3 is 2.20 bits per heavy atom. The molecule has 0 aliphatic heterocycles. The van der Waals surface area contributed by atoms with Gasteiger partial charge in [0.15, 0.2) is 7.85 Å². The Kier molecular flexibility index (Phi) is 1.90. The predicted octanol–water partition coefficient (Wildman–Crippen LogP) is 0.0915. The fourth-order valence-electron chi connectivity index (χ4n) is 0. The topological polar surface area (TPSA) is 17.1 Å². The molecule has 26 valence electrons. The highest BCUT2D eigenvalue weighted by Crippen LogP contribution is 1.66. The lowest BCUT2D eigenvalue weighted by Crippen LogP contribution is -1.88. The molecule has 0 spiro atoms. The van der Waals surface area contributed by atoms with Crippen molar-refractivity contribution in [1.82, 2.24) is 0 Å². The summed E-state index contributed by atoms with van der Waals surface area (Å²) < 4.78 is 0. The first-order valence-electron chi connectivity index (χ1n) is 1.55. The van der Waals surface area contributed by atoms with E-state index in [0.717, 1.165) is 0 Å². The minimum atomic E-state index is -0.245. The van der Waals surface area contributed by atoms with E-state index >= 15 is 0 Å². The largest absolute Gasteiger partial charge is 0.313 e. The molecular formula is C3H5BO. The average Bonchev–Trinajstić information content (AvgIpc) is 1.38. The number of rotatable bonds is 1. The van der Waals surface area contributed by atoms with Crippen LogP contribution in [0.4, 0.5) is 0 Å². The Balaban J connectivity index is 2.85. The number of hydrogen-bond donors (Lipinski definition) is 0. The monoisotopic (exact) mass is 68.0 g/mol. The molecule has 1 nitrogen and oxygen atoms in total. The molecule has 0 saturated heterocycles. The van der Waals surface area contributed by atoms with Crippen LogP contribution in [-0.2, 0) is 4.79 Å². The molecule has 0 unspecified atom stereocenters. The summed E-state index contributed by atoms with van der Waals surface area (Å²) in [7, 11) is 4.65. The second kappa shape index (κ2) is 2.00. The van der Waals surface area contributed by atoms with Crippen LogP contribution in [0.15, 0.2) is 0 Å². The summed E-state index contributed by atoms with van der Waals surface area (Å²) in [5.41, 5.74) is -0.245. The molecule has 0 fully saturated rings. The molecule has 0 N–H and O–H groups in total. The number of hydrogen-bond acceptors (Lipinski definition) is 1.